The van der Waals surface area contributed by atoms with Gasteiger partial charge in [-0.3, -0.25) is 10.1 Å². The molecule has 0 amide bonds. The van der Waals surface area contributed by atoms with Gasteiger partial charge in [-0.05, 0) is 36.1 Å². The Kier molecular flexibility index (Phi) is 2.76. The van der Waals surface area contributed by atoms with Crippen molar-refractivity contribution >= 4 is 27.9 Å². The van der Waals surface area contributed by atoms with Crippen molar-refractivity contribution in [3.05, 3.63) is 57.6 Å². The molecule has 1 aromatic carbocycles. The van der Waals surface area contributed by atoms with E-state index >= 15 is 0 Å². The summed E-state index contributed by atoms with van der Waals surface area (Å²) in [5.41, 5.74) is 2.36. The van der Waals surface area contributed by atoms with Crippen molar-refractivity contribution in [1.29, 1.82) is 0 Å². The molecule has 3 rings (SSSR count). The standard InChI is InChI=1S/C14H10N2O2S/c1-9-5-10-7-11(13-3-2-4-19-13)8-15-14(10)12(6-9)16(17)18/h2-8H,1H3. The topological polar surface area (TPSA) is 56.0 Å². The van der Waals surface area contributed by atoms with E-state index in [4.69, 9.17) is 0 Å². The minimum absolute atomic E-state index is 0.0627. The number of nitro benzene ring substituents is 1. The quantitative estimate of drug-likeness (QED) is 0.518. The number of aryl methyl sites for hydroxylation is 1. The summed E-state index contributed by atoms with van der Waals surface area (Å²) in [4.78, 5) is 16.0. The fraction of sp³-hybridized carbons (Fsp3) is 0.0714. The van der Waals surface area contributed by atoms with E-state index in [9.17, 15) is 10.1 Å². The van der Waals surface area contributed by atoms with Crippen molar-refractivity contribution in [2.75, 3.05) is 0 Å². The summed E-state index contributed by atoms with van der Waals surface area (Å²) in [6, 6.07) is 9.42. The molecule has 0 unspecified atom stereocenters. The molecule has 0 fully saturated rings. The third kappa shape index (κ3) is 2.08. The van der Waals surface area contributed by atoms with Crippen LogP contribution in [0, 0.1) is 17.0 Å². The monoisotopic (exact) mass is 270 g/mol. The van der Waals surface area contributed by atoms with E-state index in [1.54, 1.807) is 23.6 Å². The first-order valence-corrected chi connectivity index (χ1v) is 6.62. The Bertz CT molecular complexity index is 766. The maximum Gasteiger partial charge on any atom is 0.295 e. The minimum atomic E-state index is -0.382. The molecule has 0 bridgehead atoms. The number of hydrogen-bond acceptors (Lipinski definition) is 4. The van der Waals surface area contributed by atoms with Gasteiger partial charge in [0.15, 0.2) is 0 Å². The van der Waals surface area contributed by atoms with Crippen molar-refractivity contribution in [1.82, 2.24) is 4.98 Å². The van der Waals surface area contributed by atoms with Crippen molar-refractivity contribution < 1.29 is 4.92 Å². The Morgan fingerprint density at radius 3 is 2.84 bits per heavy atom. The van der Waals surface area contributed by atoms with Crippen LogP contribution in [0.4, 0.5) is 5.69 Å². The average molecular weight is 270 g/mol. The van der Waals surface area contributed by atoms with E-state index < -0.39 is 0 Å². The lowest BCUT2D eigenvalue weighted by Crippen LogP contribution is -1.93. The van der Waals surface area contributed by atoms with Gasteiger partial charge in [-0.25, -0.2) is 4.98 Å². The molecule has 4 nitrogen and oxygen atoms in total. The van der Waals surface area contributed by atoms with Crippen LogP contribution in [-0.2, 0) is 0 Å². The number of nitro groups is 1. The van der Waals surface area contributed by atoms with Crippen LogP contribution in [0.1, 0.15) is 5.56 Å². The molecule has 0 aliphatic rings. The number of aromatic nitrogens is 1. The van der Waals surface area contributed by atoms with Crippen molar-refractivity contribution in [2.45, 2.75) is 6.92 Å². The van der Waals surface area contributed by atoms with Crippen molar-refractivity contribution in [2.24, 2.45) is 0 Å². The van der Waals surface area contributed by atoms with E-state index in [0.717, 1.165) is 21.4 Å². The fourth-order valence-corrected chi connectivity index (χ4v) is 2.80. The normalized spacial score (nSPS) is 10.8. The first-order valence-electron chi connectivity index (χ1n) is 5.74. The Morgan fingerprint density at radius 1 is 1.32 bits per heavy atom. The molecule has 2 heterocycles. The maximum absolute atomic E-state index is 11.0. The third-order valence-electron chi connectivity index (χ3n) is 2.91. The number of rotatable bonds is 2. The van der Waals surface area contributed by atoms with Crippen molar-refractivity contribution in [3.63, 3.8) is 0 Å². The van der Waals surface area contributed by atoms with Crippen LogP contribution < -0.4 is 0 Å². The summed E-state index contributed by atoms with van der Waals surface area (Å²) in [5, 5.41) is 13.8. The first-order chi connectivity index (χ1) is 9.15. The number of thiophene rings is 1. The van der Waals surface area contributed by atoms with Crippen LogP contribution in [0.2, 0.25) is 0 Å². The number of hydrogen-bond donors (Lipinski definition) is 0. The second-order valence-corrected chi connectivity index (χ2v) is 5.26. The van der Waals surface area contributed by atoms with Crippen LogP contribution in [0.15, 0.2) is 41.9 Å². The number of benzene rings is 1. The lowest BCUT2D eigenvalue weighted by atomic mass is 10.1. The van der Waals surface area contributed by atoms with Crippen LogP contribution in [0.5, 0.6) is 0 Å². The van der Waals surface area contributed by atoms with Crippen LogP contribution in [0.3, 0.4) is 0 Å². The highest BCUT2D eigenvalue weighted by molar-refractivity contribution is 7.13. The zero-order valence-corrected chi connectivity index (χ0v) is 11.0. The first kappa shape index (κ1) is 11.8. The van der Waals surface area contributed by atoms with Crippen LogP contribution in [0.25, 0.3) is 21.3 Å². The van der Waals surface area contributed by atoms with Gasteiger partial charge in [0, 0.05) is 28.1 Å². The SMILES string of the molecule is Cc1cc([N+](=O)[O-])c2ncc(-c3cccs3)cc2c1. The lowest BCUT2D eigenvalue weighted by molar-refractivity contribution is -0.383. The number of fused-ring (bicyclic) bond motifs is 1. The average Bonchev–Trinajstić information content (AvgIpc) is 2.90. The lowest BCUT2D eigenvalue weighted by Gasteiger charge is -2.03. The maximum atomic E-state index is 11.0. The Labute approximate surface area is 113 Å². The highest BCUT2D eigenvalue weighted by Crippen LogP contribution is 2.30. The molecule has 0 aliphatic carbocycles. The summed E-state index contributed by atoms with van der Waals surface area (Å²) in [6.45, 7) is 1.85. The van der Waals surface area contributed by atoms with Gasteiger partial charge in [0.2, 0.25) is 0 Å². The summed E-state index contributed by atoms with van der Waals surface area (Å²) in [6.07, 6.45) is 1.69. The van der Waals surface area contributed by atoms with E-state index in [1.807, 2.05) is 36.6 Å². The summed E-state index contributed by atoms with van der Waals surface area (Å²) in [7, 11) is 0. The predicted octanol–water partition coefficient (Wildman–Crippen LogP) is 4.18. The Hall–Kier alpha value is -2.27. The third-order valence-corrected chi connectivity index (χ3v) is 3.83. The molecule has 94 valence electrons. The van der Waals surface area contributed by atoms with Crippen LogP contribution in [-0.4, -0.2) is 9.91 Å². The van der Waals surface area contributed by atoms with Gasteiger partial charge >= 0.3 is 0 Å². The molecular formula is C14H10N2O2S. The van der Waals surface area contributed by atoms with Gasteiger partial charge in [0.05, 0.1) is 4.92 Å². The summed E-state index contributed by atoms with van der Waals surface area (Å²) >= 11 is 1.63. The molecule has 0 spiro atoms. The van der Waals surface area contributed by atoms with Gasteiger partial charge in [-0.15, -0.1) is 11.3 Å². The second-order valence-electron chi connectivity index (χ2n) is 4.31. The van der Waals surface area contributed by atoms with E-state index in [0.29, 0.717) is 5.52 Å². The number of pyridine rings is 1. The zero-order valence-electron chi connectivity index (χ0n) is 10.2. The predicted molar refractivity (Wildman–Crippen MR) is 76.4 cm³/mol. The highest BCUT2D eigenvalue weighted by Gasteiger charge is 2.14. The van der Waals surface area contributed by atoms with E-state index in [-0.39, 0.29) is 10.6 Å². The Balaban J connectivity index is 2.27. The van der Waals surface area contributed by atoms with Crippen molar-refractivity contribution in [3.8, 4) is 10.4 Å². The fourth-order valence-electron chi connectivity index (χ4n) is 2.09. The molecule has 3 aromatic rings. The molecule has 0 radical (unpaired) electrons. The molecule has 5 heteroatoms. The molecule has 0 aliphatic heterocycles. The smallest absolute Gasteiger partial charge is 0.258 e. The molecule has 2 aromatic heterocycles. The molecule has 0 N–H and O–H groups in total. The second kappa shape index (κ2) is 4.44. The van der Waals surface area contributed by atoms with Gasteiger partial charge in [-0.2, -0.15) is 0 Å². The summed E-state index contributed by atoms with van der Waals surface area (Å²) < 4.78 is 0. The number of nitrogens with zero attached hydrogens (tertiary/aromatic N) is 2. The van der Waals surface area contributed by atoms with Gasteiger partial charge < -0.3 is 0 Å². The van der Waals surface area contributed by atoms with E-state index in [2.05, 4.69) is 4.98 Å². The van der Waals surface area contributed by atoms with Gasteiger partial charge in [0.25, 0.3) is 5.69 Å². The largest absolute Gasteiger partial charge is 0.295 e. The van der Waals surface area contributed by atoms with Crippen LogP contribution >= 0.6 is 11.3 Å². The summed E-state index contributed by atoms with van der Waals surface area (Å²) in [5.74, 6) is 0. The Morgan fingerprint density at radius 2 is 2.16 bits per heavy atom. The number of non-ortho nitro benzene ring substituents is 1. The molecule has 0 saturated heterocycles. The molecule has 19 heavy (non-hydrogen) atoms. The molecule has 0 atom stereocenters. The molecule has 0 saturated carbocycles. The van der Waals surface area contributed by atoms with Gasteiger partial charge in [-0.1, -0.05) is 6.07 Å². The highest BCUT2D eigenvalue weighted by atomic mass is 32.1. The zero-order chi connectivity index (χ0) is 13.4. The van der Waals surface area contributed by atoms with E-state index in [1.165, 1.54) is 0 Å². The van der Waals surface area contributed by atoms with Gasteiger partial charge in [0.1, 0.15) is 5.52 Å². The molecular weight excluding hydrogens is 260 g/mol. The minimum Gasteiger partial charge on any atom is -0.258 e.